The highest BCUT2D eigenvalue weighted by molar-refractivity contribution is 9.10. The number of halogens is 1. The third kappa shape index (κ3) is 5.55. The van der Waals surface area contributed by atoms with Crippen LogP contribution in [0, 0.1) is 0 Å². The van der Waals surface area contributed by atoms with E-state index in [9.17, 15) is 9.00 Å². The summed E-state index contributed by atoms with van der Waals surface area (Å²) in [6.45, 7) is 7.26. The smallest absolute Gasteiger partial charge is 0.131 e. The molecule has 0 aromatic heterocycles. The Kier molecular flexibility index (Phi) is 5.89. The minimum absolute atomic E-state index is 0.0753. The fraction of sp³-hybridized carbons (Fsp3) is 0.500. The number of carbonyl (C=O) groups excluding carboxylic acids is 1. The summed E-state index contributed by atoms with van der Waals surface area (Å²) in [4.78, 5) is 11.4. The summed E-state index contributed by atoms with van der Waals surface area (Å²) in [6, 6.07) is 7.49. The fourth-order valence-corrected chi connectivity index (χ4v) is 2.61. The maximum Gasteiger partial charge on any atom is 0.131 e. The van der Waals surface area contributed by atoms with Crippen molar-refractivity contribution in [2.75, 3.05) is 0 Å². The Morgan fingerprint density at radius 1 is 1.32 bits per heavy atom. The first-order valence-corrected chi connectivity index (χ1v) is 8.07. The van der Waals surface area contributed by atoms with E-state index in [1.807, 2.05) is 45.0 Å². The maximum absolute atomic E-state index is 12.2. The summed E-state index contributed by atoms with van der Waals surface area (Å²) in [5, 5.41) is 0. The molecule has 19 heavy (non-hydrogen) atoms. The first kappa shape index (κ1) is 16.5. The summed E-state index contributed by atoms with van der Waals surface area (Å²) in [5.74, 6) is 0.0753. The van der Waals surface area contributed by atoms with Crippen LogP contribution >= 0.6 is 15.9 Å². The van der Waals surface area contributed by atoms with Gasteiger partial charge in [0.2, 0.25) is 0 Å². The number of carbonyl (C=O) groups is 1. The van der Waals surface area contributed by atoms with Crippen LogP contribution in [0.4, 0.5) is 0 Å². The zero-order chi connectivity index (χ0) is 14.6. The molecule has 1 rings (SSSR count). The van der Waals surface area contributed by atoms with Crippen LogP contribution in [-0.4, -0.2) is 14.7 Å². The van der Waals surface area contributed by atoms with E-state index in [4.69, 9.17) is 0 Å². The van der Waals surface area contributed by atoms with Crippen LogP contribution in [0.5, 0.6) is 0 Å². The van der Waals surface area contributed by atoms with E-state index in [-0.39, 0.29) is 16.6 Å². The highest BCUT2D eigenvalue weighted by Gasteiger charge is 2.24. The van der Waals surface area contributed by atoms with Crippen molar-refractivity contribution < 1.29 is 9.00 Å². The van der Waals surface area contributed by atoms with E-state index in [1.165, 1.54) is 0 Å². The summed E-state index contributed by atoms with van der Waals surface area (Å²) in [7, 11) is -1.20. The molecule has 0 radical (unpaired) electrons. The molecule has 0 amide bonds. The van der Waals surface area contributed by atoms with Gasteiger partial charge in [0.1, 0.15) is 5.78 Å². The molecule has 0 saturated heterocycles. The Balaban J connectivity index is 2.92. The predicted molar refractivity (Wildman–Crippen MR) is 83.2 cm³/mol. The fourth-order valence-electron chi connectivity index (χ4n) is 1.52. The number of hydrogen-bond acceptors (Lipinski definition) is 2. The molecule has 0 saturated carbocycles. The van der Waals surface area contributed by atoms with Crippen LogP contribution in [0.15, 0.2) is 28.7 Å². The molecule has 0 spiro atoms. The number of rotatable bonds is 5. The third-order valence-corrected chi connectivity index (χ3v) is 4.71. The van der Waals surface area contributed by atoms with Crippen molar-refractivity contribution in [1.29, 1.82) is 0 Å². The van der Waals surface area contributed by atoms with E-state index in [2.05, 4.69) is 20.7 Å². The number of nitrogens with one attached hydrogen (secondary N) is 1. The van der Waals surface area contributed by atoms with Gasteiger partial charge in [-0.05, 0) is 45.4 Å². The molecule has 1 unspecified atom stereocenters. The van der Waals surface area contributed by atoms with E-state index in [0.717, 1.165) is 10.0 Å². The lowest BCUT2D eigenvalue weighted by Gasteiger charge is -2.24. The van der Waals surface area contributed by atoms with Crippen molar-refractivity contribution >= 4 is 32.7 Å². The minimum atomic E-state index is -1.20. The number of Topliss-reactive ketones (excluding diaryl/α,β-unsaturated/α-hetero) is 1. The van der Waals surface area contributed by atoms with Crippen LogP contribution in [-0.2, 0) is 15.8 Å². The molecule has 2 atom stereocenters. The van der Waals surface area contributed by atoms with Crippen molar-refractivity contribution in [3.63, 3.8) is 0 Å². The van der Waals surface area contributed by atoms with Crippen LogP contribution in [0.25, 0.3) is 0 Å². The lowest BCUT2D eigenvalue weighted by atomic mass is 10.0. The molecule has 1 aromatic rings. The summed E-state index contributed by atoms with van der Waals surface area (Å²) in [6.07, 6.45) is 0.337. The highest BCUT2D eigenvalue weighted by atomic mass is 79.9. The number of benzene rings is 1. The van der Waals surface area contributed by atoms with Crippen LogP contribution in [0.1, 0.15) is 45.7 Å². The van der Waals surface area contributed by atoms with Crippen molar-refractivity contribution in [2.45, 2.75) is 44.9 Å². The van der Waals surface area contributed by atoms with Gasteiger partial charge in [-0.1, -0.05) is 28.1 Å². The Labute approximate surface area is 125 Å². The van der Waals surface area contributed by atoms with Crippen LogP contribution < -0.4 is 4.72 Å². The Hall–Kier alpha value is -0.520. The summed E-state index contributed by atoms with van der Waals surface area (Å²) in [5.41, 5.74) is 0.969. The van der Waals surface area contributed by atoms with Crippen molar-refractivity contribution in [3.05, 3.63) is 34.3 Å². The lowest BCUT2D eigenvalue weighted by Crippen LogP contribution is -2.36. The van der Waals surface area contributed by atoms with Gasteiger partial charge in [-0.3, -0.25) is 4.79 Å². The first-order valence-electron chi connectivity index (χ1n) is 6.13. The van der Waals surface area contributed by atoms with Crippen molar-refractivity contribution in [1.82, 2.24) is 4.72 Å². The molecular weight excluding hydrogens is 326 g/mol. The van der Waals surface area contributed by atoms with Gasteiger partial charge >= 0.3 is 0 Å². The molecule has 0 heterocycles. The molecule has 0 bridgehead atoms. The Morgan fingerprint density at radius 3 is 2.26 bits per heavy atom. The predicted octanol–water partition coefficient (Wildman–Crippen LogP) is 3.52. The van der Waals surface area contributed by atoms with Gasteiger partial charge in [0.05, 0.1) is 21.8 Å². The monoisotopic (exact) mass is 345 g/mol. The SMILES string of the molecule is CC(=O)C[C@H](NS(=O)C(C)(C)C)c1ccc(Br)cc1. The summed E-state index contributed by atoms with van der Waals surface area (Å²) < 4.78 is 15.9. The first-order chi connectivity index (χ1) is 8.70. The van der Waals surface area contributed by atoms with Crippen LogP contribution in [0.2, 0.25) is 0 Å². The molecule has 106 valence electrons. The second-order valence-corrected chi connectivity index (χ2v) is 8.42. The molecule has 0 aliphatic carbocycles. The molecule has 0 aliphatic rings. The highest BCUT2D eigenvalue weighted by Crippen LogP contribution is 2.22. The Bertz CT molecular complexity index is 465. The zero-order valence-electron chi connectivity index (χ0n) is 11.7. The molecule has 0 fully saturated rings. The van der Waals surface area contributed by atoms with Gasteiger partial charge < -0.3 is 0 Å². The standard InChI is InChI=1S/C14H20BrNO2S/c1-10(17)9-13(16-19(18)14(2,3)4)11-5-7-12(15)8-6-11/h5-8,13,16H,9H2,1-4H3/t13-,19?/m0/s1. The number of ketones is 1. The third-order valence-electron chi connectivity index (χ3n) is 2.57. The van der Waals surface area contributed by atoms with Crippen molar-refractivity contribution in [2.24, 2.45) is 0 Å². The molecular formula is C14H20BrNO2S. The number of hydrogen-bond donors (Lipinski definition) is 1. The average Bonchev–Trinajstić information content (AvgIpc) is 2.27. The van der Waals surface area contributed by atoms with Gasteiger partial charge in [-0.15, -0.1) is 0 Å². The van der Waals surface area contributed by atoms with E-state index in [1.54, 1.807) is 6.92 Å². The average molecular weight is 346 g/mol. The van der Waals surface area contributed by atoms with Gasteiger partial charge in [0.25, 0.3) is 0 Å². The normalized spacial score (nSPS) is 15.0. The topological polar surface area (TPSA) is 46.2 Å². The second-order valence-electron chi connectivity index (χ2n) is 5.51. The van der Waals surface area contributed by atoms with E-state index in [0.29, 0.717) is 6.42 Å². The molecule has 0 aliphatic heterocycles. The second kappa shape index (κ2) is 6.77. The van der Waals surface area contributed by atoms with Gasteiger partial charge in [-0.2, -0.15) is 0 Å². The summed E-state index contributed by atoms with van der Waals surface area (Å²) >= 11 is 3.38. The molecule has 5 heteroatoms. The van der Waals surface area contributed by atoms with Gasteiger partial charge in [0, 0.05) is 10.9 Å². The molecule has 3 nitrogen and oxygen atoms in total. The lowest BCUT2D eigenvalue weighted by molar-refractivity contribution is -0.117. The zero-order valence-corrected chi connectivity index (χ0v) is 14.1. The quantitative estimate of drug-likeness (QED) is 0.887. The minimum Gasteiger partial charge on any atom is -0.300 e. The van der Waals surface area contributed by atoms with Crippen molar-refractivity contribution in [3.8, 4) is 0 Å². The largest absolute Gasteiger partial charge is 0.300 e. The Morgan fingerprint density at radius 2 is 1.84 bits per heavy atom. The van der Waals surface area contributed by atoms with Gasteiger partial charge in [0.15, 0.2) is 0 Å². The van der Waals surface area contributed by atoms with E-state index < -0.39 is 11.0 Å². The van der Waals surface area contributed by atoms with Gasteiger partial charge in [-0.25, -0.2) is 8.93 Å². The van der Waals surface area contributed by atoms with Crippen LogP contribution in [0.3, 0.4) is 0 Å². The molecule has 1 aromatic carbocycles. The van der Waals surface area contributed by atoms with E-state index >= 15 is 0 Å². The molecule has 1 N–H and O–H groups in total. The maximum atomic E-state index is 12.2.